The van der Waals surface area contributed by atoms with Gasteiger partial charge in [-0.15, -0.1) is 0 Å². The maximum atomic E-state index is 13.7. The summed E-state index contributed by atoms with van der Waals surface area (Å²) in [6.45, 7) is 2.80. The van der Waals surface area contributed by atoms with Gasteiger partial charge in [-0.2, -0.15) is 0 Å². The second-order valence-electron chi connectivity index (χ2n) is 9.16. The number of fused-ring (bicyclic) bond motifs is 3. The molecule has 1 N–H and O–H groups in total. The lowest BCUT2D eigenvalue weighted by Crippen LogP contribution is -2.29. The number of anilines is 1. The number of benzene rings is 3. The van der Waals surface area contributed by atoms with Crippen LogP contribution in [0.1, 0.15) is 54.9 Å². The zero-order valence-electron chi connectivity index (χ0n) is 19.2. The molecule has 0 saturated heterocycles. The molecule has 0 amide bonds. The van der Waals surface area contributed by atoms with Crippen LogP contribution in [0.15, 0.2) is 94.7 Å². The fourth-order valence-electron chi connectivity index (χ4n) is 5.44. The topological polar surface area (TPSA) is 51.5 Å². The largest absolute Gasteiger partial charge is 0.494 e. The Balaban J connectivity index is 1.50. The number of furan rings is 1. The molecule has 4 nitrogen and oxygen atoms in total. The Labute approximate surface area is 199 Å². The third-order valence-electron chi connectivity index (χ3n) is 6.97. The quantitative estimate of drug-likeness (QED) is 0.351. The van der Waals surface area contributed by atoms with Crippen LogP contribution in [0.25, 0.3) is 10.8 Å². The normalized spacial score (nSPS) is 19.5. The SMILES string of the molecule is CCCOc1ccc([C@H]2C3=C(C[C@@H](c4ccco4)CC3=O)Nc3ccc4ccccc4c32)cc1. The minimum atomic E-state index is -0.123. The van der Waals surface area contributed by atoms with Crippen molar-refractivity contribution in [2.75, 3.05) is 11.9 Å². The Morgan fingerprint density at radius 2 is 1.82 bits per heavy atom. The molecule has 3 aromatic carbocycles. The number of ether oxygens (including phenoxy) is 1. The van der Waals surface area contributed by atoms with Gasteiger partial charge < -0.3 is 14.5 Å². The third-order valence-corrected chi connectivity index (χ3v) is 6.97. The fraction of sp³-hybridized carbons (Fsp3) is 0.233. The third kappa shape index (κ3) is 3.50. The number of nitrogens with one attached hydrogen (secondary N) is 1. The van der Waals surface area contributed by atoms with Gasteiger partial charge in [0.2, 0.25) is 0 Å². The Kier molecular flexibility index (Phi) is 5.21. The summed E-state index contributed by atoms with van der Waals surface area (Å²) in [5.74, 6) is 1.86. The van der Waals surface area contributed by atoms with Gasteiger partial charge in [0.15, 0.2) is 5.78 Å². The molecular weight excluding hydrogens is 422 g/mol. The van der Waals surface area contributed by atoms with Crippen LogP contribution in [-0.4, -0.2) is 12.4 Å². The summed E-state index contributed by atoms with van der Waals surface area (Å²) in [6, 6.07) is 24.9. The second-order valence-corrected chi connectivity index (χ2v) is 9.16. The van der Waals surface area contributed by atoms with E-state index in [9.17, 15) is 4.79 Å². The standard InChI is InChI=1S/C30H27NO3/c1-2-15-33-22-12-9-20(10-13-22)28-29-23-7-4-3-6-19(23)11-14-24(29)31-25-17-21(18-26(32)30(25)28)27-8-5-16-34-27/h3-14,16,21,28,31H,2,15,17-18H2,1H3/t21-,28-/m1/s1. The average molecular weight is 450 g/mol. The van der Waals surface area contributed by atoms with Gasteiger partial charge in [-0.05, 0) is 65.1 Å². The molecule has 170 valence electrons. The highest BCUT2D eigenvalue weighted by Crippen LogP contribution is 2.50. The van der Waals surface area contributed by atoms with Crippen LogP contribution in [0.3, 0.4) is 0 Å². The summed E-state index contributed by atoms with van der Waals surface area (Å²) in [4.78, 5) is 13.7. The van der Waals surface area contributed by atoms with Crippen molar-refractivity contribution in [1.29, 1.82) is 0 Å². The van der Waals surface area contributed by atoms with E-state index >= 15 is 0 Å². The van der Waals surface area contributed by atoms with Gasteiger partial charge in [0.05, 0.1) is 12.9 Å². The van der Waals surface area contributed by atoms with Crippen LogP contribution in [0.5, 0.6) is 5.75 Å². The van der Waals surface area contributed by atoms with Gasteiger partial charge >= 0.3 is 0 Å². The minimum absolute atomic E-state index is 0.0567. The first kappa shape index (κ1) is 20.8. The lowest BCUT2D eigenvalue weighted by Gasteiger charge is -2.37. The van der Waals surface area contributed by atoms with Crippen LogP contribution >= 0.6 is 0 Å². The van der Waals surface area contributed by atoms with E-state index in [1.165, 1.54) is 16.3 Å². The first-order valence-electron chi connectivity index (χ1n) is 12.0. The number of carbonyl (C=O) groups excluding carboxylic acids is 1. The Morgan fingerprint density at radius 3 is 2.62 bits per heavy atom. The predicted octanol–water partition coefficient (Wildman–Crippen LogP) is 7.18. The van der Waals surface area contributed by atoms with Gasteiger partial charge in [-0.3, -0.25) is 4.79 Å². The number of ketones is 1. The molecule has 4 aromatic rings. The number of hydrogen-bond donors (Lipinski definition) is 1. The van der Waals surface area contributed by atoms with Crippen LogP contribution in [-0.2, 0) is 4.79 Å². The number of hydrogen-bond acceptors (Lipinski definition) is 4. The predicted molar refractivity (Wildman–Crippen MR) is 134 cm³/mol. The molecule has 2 aliphatic rings. The van der Waals surface area contributed by atoms with Crippen molar-refractivity contribution >= 4 is 22.2 Å². The molecule has 0 saturated carbocycles. The van der Waals surface area contributed by atoms with Crippen LogP contribution in [0, 0.1) is 0 Å². The van der Waals surface area contributed by atoms with E-state index in [-0.39, 0.29) is 17.6 Å². The van der Waals surface area contributed by atoms with Crippen LogP contribution in [0.2, 0.25) is 0 Å². The first-order valence-corrected chi connectivity index (χ1v) is 12.0. The summed E-state index contributed by atoms with van der Waals surface area (Å²) in [5, 5.41) is 6.00. The summed E-state index contributed by atoms with van der Waals surface area (Å²) >= 11 is 0. The van der Waals surface area contributed by atoms with E-state index in [0.717, 1.165) is 46.9 Å². The fourth-order valence-corrected chi connectivity index (χ4v) is 5.44. The molecule has 0 bridgehead atoms. The van der Waals surface area contributed by atoms with Gasteiger partial charge in [0.1, 0.15) is 11.5 Å². The highest BCUT2D eigenvalue weighted by molar-refractivity contribution is 6.04. The van der Waals surface area contributed by atoms with E-state index in [1.54, 1.807) is 6.26 Å². The number of allylic oxidation sites excluding steroid dienone is 2. The molecule has 34 heavy (non-hydrogen) atoms. The highest BCUT2D eigenvalue weighted by Gasteiger charge is 2.39. The van der Waals surface area contributed by atoms with E-state index < -0.39 is 0 Å². The Morgan fingerprint density at radius 1 is 0.971 bits per heavy atom. The smallest absolute Gasteiger partial charge is 0.162 e. The molecular formula is C30H27NO3. The van der Waals surface area contributed by atoms with Crippen LogP contribution < -0.4 is 10.1 Å². The summed E-state index contributed by atoms with van der Waals surface area (Å²) in [7, 11) is 0. The Hall–Kier alpha value is -3.79. The first-order chi connectivity index (χ1) is 16.7. The maximum Gasteiger partial charge on any atom is 0.162 e. The van der Waals surface area contributed by atoms with Crippen molar-refractivity contribution in [3.8, 4) is 5.75 Å². The van der Waals surface area contributed by atoms with Crippen molar-refractivity contribution in [3.05, 3.63) is 107 Å². The molecule has 1 aliphatic carbocycles. The van der Waals surface area contributed by atoms with Gasteiger partial charge in [0, 0.05) is 35.2 Å². The zero-order chi connectivity index (χ0) is 23.1. The van der Waals surface area contributed by atoms with E-state index in [2.05, 4.69) is 60.8 Å². The van der Waals surface area contributed by atoms with Crippen molar-refractivity contribution < 1.29 is 13.9 Å². The Bertz CT molecular complexity index is 1380. The lowest BCUT2D eigenvalue weighted by molar-refractivity contribution is -0.116. The molecule has 1 aromatic heterocycles. The van der Waals surface area contributed by atoms with E-state index in [1.807, 2.05) is 24.3 Å². The molecule has 6 rings (SSSR count). The summed E-state index contributed by atoms with van der Waals surface area (Å²) in [5.41, 5.74) is 5.25. The summed E-state index contributed by atoms with van der Waals surface area (Å²) < 4.78 is 11.5. The van der Waals surface area contributed by atoms with Crippen molar-refractivity contribution in [2.24, 2.45) is 0 Å². The number of carbonyl (C=O) groups is 1. The number of Topliss-reactive ketones (excluding diaryl/α,β-unsaturated/α-hetero) is 1. The second kappa shape index (κ2) is 8.53. The molecule has 0 spiro atoms. The molecule has 0 radical (unpaired) electrons. The van der Waals surface area contributed by atoms with Gasteiger partial charge in [-0.1, -0.05) is 49.4 Å². The lowest BCUT2D eigenvalue weighted by atomic mass is 9.71. The molecule has 4 heteroatoms. The summed E-state index contributed by atoms with van der Waals surface area (Å²) in [6.07, 6.45) is 3.87. The molecule has 2 atom stereocenters. The molecule has 0 unspecified atom stereocenters. The van der Waals surface area contributed by atoms with E-state index in [4.69, 9.17) is 9.15 Å². The van der Waals surface area contributed by atoms with E-state index in [0.29, 0.717) is 13.0 Å². The maximum absolute atomic E-state index is 13.7. The number of rotatable bonds is 5. The van der Waals surface area contributed by atoms with Gasteiger partial charge in [-0.25, -0.2) is 0 Å². The van der Waals surface area contributed by atoms with Crippen molar-refractivity contribution in [3.63, 3.8) is 0 Å². The van der Waals surface area contributed by atoms with Crippen molar-refractivity contribution in [2.45, 2.75) is 38.0 Å². The van der Waals surface area contributed by atoms with Gasteiger partial charge in [0.25, 0.3) is 0 Å². The van der Waals surface area contributed by atoms with Crippen molar-refractivity contribution in [1.82, 2.24) is 0 Å². The molecule has 1 aliphatic heterocycles. The monoisotopic (exact) mass is 449 g/mol. The average Bonchev–Trinajstić information content (AvgIpc) is 3.41. The highest BCUT2D eigenvalue weighted by atomic mass is 16.5. The van der Waals surface area contributed by atoms with Crippen LogP contribution in [0.4, 0.5) is 5.69 Å². The minimum Gasteiger partial charge on any atom is -0.494 e. The zero-order valence-corrected chi connectivity index (χ0v) is 19.2. The molecule has 2 heterocycles. The molecule has 0 fully saturated rings.